The smallest absolute Gasteiger partial charge is 0.320 e. The number of halogens is 3. The van der Waals surface area contributed by atoms with Crippen LogP contribution in [-0.2, 0) is 12.7 Å². The molecule has 5 heteroatoms. The van der Waals surface area contributed by atoms with Gasteiger partial charge in [0.05, 0.1) is 5.56 Å². The van der Waals surface area contributed by atoms with Gasteiger partial charge in [0.2, 0.25) is 0 Å². The fraction of sp³-hybridized carbons (Fsp3) is 0.500. The number of nitrogens with one attached hydrogen (secondary N) is 2. The van der Waals surface area contributed by atoms with Gasteiger partial charge in [0.1, 0.15) is 0 Å². The molecule has 0 saturated heterocycles. The van der Waals surface area contributed by atoms with E-state index in [9.17, 15) is 13.2 Å². The average molecular weight is 246 g/mol. The van der Waals surface area contributed by atoms with E-state index in [2.05, 4.69) is 10.6 Å². The van der Waals surface area contributed by atoms with Crippen LogP contribution in [0.2, 0.25) is 0 Å². The van der Waals surface area contributed by atoms with Gasteiger partial charge in [0, 0.05) is 6.54 Å². The Kier molecular flexibility index (Phi) is 5.44. The summed E-state index contributed by atoms with van der Waals surface area (Å²) >= 11 is 0. The molecule has 0 saturated carbocycles. The predicted octanol–water partition coefficient (Wildman–Crippen LogP) is 2.40. The fourth-order valence-electron chi connectivity index (χ4n) is 1.43. The molecule has 96 valence electrons. The second kappa shape index (κ2) is 6.61. The zero-order chi connectivity index (χ0) is 12.7. The van der Waals surface area contributed by atoms with Crippen LogP contribution in [0.4, 0.5) is 13.2 Å². The number of rotatable bonds is 6. The summed E-state index contributed by atoms with van der Waals surface area (Å²) in [5.74, 6) is 0. The lowest BCUT2D eigenvalue weighted by molar-refractivity contribution is -0.137. The minimum absolute atomic E-state index is 0.599. The van der Waals surface area contributed by atoms with Crippen molar-refractivity contribution in [3.63, 3.8) is 0 Å². The van der Waals surface area contributed by atoms with Gasteiger partial charge < -0.3 is 10.6 Å². The number of hydrogen-bond donors (Lipinski definition) is 2. The van der Waals surface area contributed by atoms with Gasteiger partial charge in [-0.15, -0.1) is 0 Å². The highest BCUT2D eigenvalue weighted by Crippen LogP contribution is 2.28. The van der Waals surface area contributed by atoms with E-state index in [1.807, 2.05) is 7.05 Å². The molecule has 0 aliphatic carbocycles. The van der Waals surface area contributed by atoms with Crippen LogP contribution in [0, 0.1) is 0 Å². The Morgan fingerprint density at radius 3 is 2.24 bits per heavy atom. The normalized spacial score (nSPS) is 11.8. The Morgan fingerprint density at radius 2 is 1.71 bits per heavy atom. The molecule has 1 rings (SSSR count). The molecular formula is C12H17F3N2. The molecule has 0 heterocycles. The van der Waals surface area contributed by atoms with Crippen molar-refractivity contribution >= 4 is 0 Å². The van der Waals surface area contributed by atoms with E-state index in [-0.39, 0.29) is 0 Å². The minimum Gasteiger partial charge on any atom is -0.320 e. The van der Waals surface area contributed by atoms with E-state index in [0.29, 0.717) is 6.54 Å². The largest absolute Gasteiger partial charge is 0.416 e. The van der Waals surface area contributed by atoms with E-state index >= 15 is 0 Å². The first kappa shape index (κ1) is 14.0. The van der Waals surface area contributed by atoms with Crippen molar-refractivity contribution in [1.82, 2.24) is 10.6 Å². The fourth-order valence-corrected chi connectivity index (χ4v) is 1.43. The van der Waals surface area contributed by atoms with E-state index in [1.54, 1.807) is 0 Å². The zero-order valence-electron chi connectivity index (χ0n) is 9.77. The van der Waals surface area contributed by atoms with Crippen molar-refractivity contribution in [3.05, 3.63) is 35.4 Å². The molecule has 0 aliphatic heterocycles. The van der Waals surface area contributed by atoms with Crippen molar-refractivity contribution in [2.45, 2.75) is 19.1 Å². The Hall–Kier alpha value is -1.07. The Labute approximate surface area is 99.2 Å². The van der Waals surface area contributed by atoms with Crippen molar-refractivity contribution < 1.29 is 13.2 Å². The summed E-state index contributed by atoms with van der Waals surface area (Å²) in [5.41, 5.74) is 0.263. The molecule has 1 aromatic rings. The molecule has 0 bridgehead atoms. The second-order valence-electron chi connectivity index (χ2n) is 3.83. The topological polar surface area (TPSA) is 24.1 Å². The van der Waals surface area contributed by atoms with Crippen LogP contribution in [-0.4, -0.2) is 20.1 Å². The van der Waals surface area contributed by atoms with E-state index in [0.717, 1.165) is 37.2 Å². The Bertz CT molecular complexity index is 320. The number of hydrogen-bond acceptors (Lipinski definition) is 2. The average Bonchev–Trinajstić information content (AvgIpc) is 2.28. The van der Waals surface area contributed by atoms with Crippen molar-refractivity contribution in [2.75, 3.05) is 20.1 Å². The maximum atomic E-state index is 12.3. The van der Waals surface area contributed by atoms with Crippen LogP contribution < -0.4 is 10.6 Å². The first-order valence-electron chi connectivity index (χ1n) is 5.55. The molecule has 0 atom stereocenters. The highest BCUT2D eigenvalue weighted by atomic mass is 19.4. The Morgan fingerprint density at radius 1 is 1.06 bits per heavy atom. The van der Waals surface area contributed by atoms with E-state index < -0.39 is 11.7 Å². The highest BCUT2D eigenvalue weighted by molar-refractivity contribution is 5.24. The van der Waals surface area contributed by atoms with Crippen molar-refractivity contribution in [3.8, 4) is 0 Å². The lowest BCUT2D eigenvalue weighted by Crippen LogP contribution is -2.19. The molecule has 0 spiro atoms. The summed E-state index contributed by atoms with van der Waals surface area (Å²) in [5, 5.41) is 6.20. The maximum Gasteiger partial charge on any atom is 0.416 e. The van der Waals surface area contributed by atoms with Gasteiger partial charge in [-0.05, 0) is 44.3 Å². The monoisotopic (exact) mass is 246 g/mol. The third-order valence-electron chi connectivity index (χ3n) is 2.39. The highest BCUT2D eigenvalue weighted by Gasteiger charge is 2.29. The standard InChI is InChI=1S/C12H17F3N2/c1-16-7-2-8-17-9-10-3-5-11(6-4-10)12(13,14)15/h3-6,16-17H,2,7-9H2,1H3. The van der Waals surface area contributed by atoms with Crippen molar-refractivity contribution in [2.24, 2.45) is 0 Å². The lowest BCUT2D eigenvalue weighted by Gasteiger charge is -2.08. The van der Waals surface area contributed by atoms with Crippen LogP contribution in [0.15, 0.2) is 24.3 Å². The summed E-state index contributed by atoms with van der Waals surface area (Å²) in [6.07, 6.45) is -3.25. The van der Waals surface area contributed by atoms with Crippen LogP contribution in [0.1, 0.15) is 17.5 Å². The molecule has 2 nitrogen and oxygen atoms in total. The molecule has 2 N–H and O–H groups in total. The van der Waals surface area contributed by atoms with Crippen LogP contribution in [0.25, 0.3) is 0 Å². The first-order chi connectivity index (χ1) is 8.04. The second-order valence-corrected chi connectivity index (χ2v) is 3.83. The van der Waals surface area contributed by atoms with E-state index in [1.165, 1.54) is 12.1 Å². The number of alkyl halides is 3. The summed E-state index contributed by atoms with van der Waals surface area (Å²) in [6.45, 7) is 2.38. The molecule has 0 unspecified atom stereocenters. The first-order valence-corrected chi connectivity index (χ1v) is 5.55. The van der Waals surface area contributed by atoms with Gasteiger partial charge in [-0.1, -0.05) is 12.1 Å². The summed E-state index contributed by atoms with van der Waals surface area (Å²) in [6, 6.07) is 5.25. The molecule has 0 aliphatic rings. The lowest BCUT2D eigenvalue weighted by atomic mass is 10.1. The molecule has 0 amide bonds. The molecule has 1 aromatic carbocycles. The SMILES string of the molecule is CNCCCNCc1ccc(C(F)(F)F)cc1. The zero-order valence-corrected chi connectivity index (χ0v) is 9.77. The third-order valence-corrected chi connectivity index (χ3v) is 2.39. The molecular weight excluding hydrogens is 229 g/mol. The summed E-state index contributed by atoms with van der Waals surface area (Å²) < 4.78 is 36.9. The van der Waals surface area contributed by atoms with Gasteiger partial charge in [0.15, 0.2) is 0 Å². The van der Waals surface area contributed by atoms with Gasteiger partial charge >= 0.3 is 6.18 Å². The van der Waals surface area contributed by atoms with Gasteiger partial charge in [-0.25, -0.2) is 0 Å². The minimum atomic E-state index is -4.25. The molecule has 0 fully saturated rings. The predicted molar refractivity (Wildman–Crippen MR) is 61.7 cm³/mol. The molecule has 0 aromatic heterocycles. The quantitative estimate of drug-likeness (QED) is 0.753. The van der Waals surface area contributed by atoms with Crippen molar-refractivity contribution in [1.29, 1.82) is 0 Å². The maximum absolute atomic E-state index is 12.3. The summed E-state index contributed by atoms with van der Waals surface area (Å²) in [4.78, 5) is 0. The van der Waals surface area contributed by atoms with Crippen LogP contribution in [0.3, 0.4) is 0 Å². The van der Waals surface area contributed by atoms with Gasteiger partial charge in [0.25, 0.3) is 0 Å². The number of benzene rings is 1. The van der Waals surface area contributed by atoms with Crippen LogP contribution >= 0.6 is 0 Å². The van der Waals surface area contributed by atoms with Gasteiger partial charge in [-0.3, -0.25) is 0 Å². The van der Waals surface area contributed by atoms with Crippen LogP contribution in [0.5, 0.6) is 0 Å². The van der Waals surface area contributed by atoms with E-state index in [4.69, 9.17) is 0 Å². The third kappa shape index (κ3) is 5.19. The summed E-state index contributed by atoms with van der Waals surface area (Å²) in [7, 11) is 1.88. The molecule has 0 radical (unpaired) electrons. The Balaban J connectivity index is 2.36. The molecule has 17 heavy (non-hydrogen) atoms. The van der Waals surface area contributed by atoms with Gasteiger partial charge in [-0.2, -0.15) is 13.2 Å².